The fourth-order valence-corrected chi connectivity index (χ4v) is 2.44. The van der Waals surface area contributed by atoms with Crippen molar-refractivity contribution in [2.75, 3.05) is 0 Å². The number of nitrogens with one attached hydrogen (secondary N) is 1. The lowest BCUT2D eigenvalue weighted by Gasteiger charge is -2.26. The fourth-order valence-electron chi connectivity index (χ4n) is 2.44. The van der Waals surface area contributed by atoms with E-state index in [1.165, 1.54) is 6.33 Å². The SMILES string of the molecule is CCC(C#N)(CCCn1cnc(C#N)c1C#N)NC1CC1. The van der Waals surface area contributed by atoms with Crippen LogP contribution in [-0.2, 0) is 6.54 Å². The van der Waals surface area contributed by atoms with Crippen LogP contribution in [0.15, 0.2) is 6.33 Å². The molecule has 1 heterocycles. The Bertz CT molecular complexity index is 622. The molecule has 0 aromatic carbocycles. The Balaban J connectivity index is 1.97. The summed E-state index contributed by atoms with van der Waals surface area (Å²) in [4.78, 5) is 3.92. The standard InChI is InChI=1S/C15H18N6/c1-2-15(10-18,20-12-4-5-12)6-3-7-21-11-19-13(8-16)14(21)9-17/h11-12,20H,2-7H2,1H3. The summed E-state index contributed by atoms with van der Waals surface area (Å²) < 4.78 is 1.69. The first-order valence-corrected chi connectivity index (χ1v) is 7.22. The normalized spacial score (nSPS) is 16.5. The van der Waals surface area contributed by atoms with E-state index in [1.54, 1.807) is 4.57 Å². The van der Waals surface area contributed by atoms with Gasteiger partial charge in [-0.15, -0.1) is 0 Å². The van der Waals surface area contributed by atoms with Gasteiger partial charge in [0.2, 0.25) is 0 Å². The minimum atomic E-state index is -0.480. The zero-order valence-electron chi connectivity index (χ0n) is 12.1. The first-order chi connectivity index (χ1) is 10.2. The molecule has 6 heteroatoms. The molecule has 0 bridgehead atoms. The maximum absolute atomic E-state index is 9.47. The molecule has 0 amide bonds. The topological polar surface area (TPSA) is 101 Å². The molecule has 1 saturated carbocycles. The summed E-state index contributed by atoms with van der Waals surface area (Å²) >= 11 is 0. The molecule has 0 spiro atoms. The smallest absolute Gasteiger partial charge is 0.176 e. The third kappa shape index (κ3) is 3.40. The van der Waals surface area contributed by atoms with E-state index in [-0.39, 0.29) is 5.69 Å². The van der Waals surface area contributed by atoms with Crippen LogP contribution < -0.4 is 5.32 Å². The molecule has 1 aliphatic rings. The molecule has 108 valence electrons. The van der Waals surface area contributed by atoms with Crippen LogP contribution in [0.2, 0.25) is 0 Å². The molecule has 1 atom stereocenters. The van der Waals surface area contributed by atoms with Crippen molar-refractivity contribution in [2.24, 2.45) is 0 Å². The molecular weight excluding hydrogens is 264 g/mol. The first kappa shape index (κ1) is 15.0. The van der Waals surface area contributed by atoms with E-state index in [2.05, 4.69) is 16.4 Å². The van der Waals surface area contributed by atoms with Gasteiger partial charge in [0.15, 0.2) is 11.4 Å². The van der Waals surface area contributed by atoms with Gasteiger partial charge in [0.05, 0.1) is 12.4 Å². The van der Waals surface area contributed by atoms with Crippen molar-refractivity contribution in [1.82, 2.24) is 14.9 Å². The van der Waals surface area contributed by atoms with E-state index in [4.69, 9.17) is 10.5 Å². The number of aromatic nitrogens is 2. The molecule has 21 heavy (non-hydrogen) atoms. The fraction of sp³-hybridized carbons (Fsp3) is 0.600. The summed E-state index contributed by atoms with van der Waals surface area (Å²) in [5.74, 6) is 0. The van der Waals surface area contributed by atoms with Crippen molar-refractivity contribution in [3.63, 3.8) is 0 Å². The van der Waals surface area contributed by atoms with Crippen LogP contribution in [0.5, 0.6) is 0 Å². The van der Waals surface area contributed by atoms with Gasteiger partial charge in [0, 0.05) is 12.6 Å². The lowest BCUT2D eigenvalue weighted by molar-refractivity contribution is 0.351. The highest BCUT2D eigenvalue weighted by atomic mass is 15.1. The summed E-state index contributed by atoms with van der Waals surface area (Å²) in [7, 11) is 0. The molecule has 1 aliphatic carbocycles. The monoisotopic (exact) mass is 282 g/mol. The van der Waals surface area contributed by atoms with Gasteiger partial charge in [-0.2, -0.15) is 15.8 Å². The van der Waals surface area contributed by atoms with E-state index < -0.39 is 5.54 Å². The van der Waals surface area contributed by atoms with Crippen molar-refractivity contribution in [1.29, 1.82) is 15.8 Å². The van der Waals surface area contributed by atoms with Gasteiger partial charge in [0.25, 0.3) is 0 Å². The minimum Gasteiger partial charge on any atom is -0.321 e. The van der Waals surface area contributed by atoms with E-state index in [1.807, 2.05) is 19.1 Å². The van der Waals surface area contributed by atoms with Crippen molar-refractivity contribution >= 4 is 0 Å². The van der Waals surface area contributed by atoms with E-state index >= 15 is 0 Å². The maximum atomic E-state index is 9.47. The van der Waals surface area contributed by atoms with E-state index in [0.29, 0.717) is 18.3 Å². The Morgan fingerprint density at radius 3 is 2.67 bits per heavy atom. The molecule has 2 rings (SSSR count). The number of aryl methyl sites for hydroxylation is 1. The Kier molecular flexibility index (Phi) is 4.58. The van der Waals surface area contributed by atoms with Crippen LogP contribution >= 0.6 is 0 Å². The van der Waals surface area contributed by atoms with Crippen molar-refractivity contribution in [2.45, 2.75) is 57.2 Å². The van der Waals surface area contributed by atoms with Gasteiger partial charge in [-0.3, -0.25) is 5.32 Å². The van der Waals surface area contributed by atoms with Crippen molar-refractivity contribution in [3.05, 3.63) is 17.7 Å². The Morgan fingerprint density at radius 2 is 2.14 bits per heavy atom. The molecule has 1 aromatic heterocycles. The summed E-state index contributed by atoms with van der Waals surface area (Å²) in [6.07, 6.45) is 6.06. The molecule has 0 radical (unpaired) electrons. The van der Waals surface area contributed by atoms with Crippen molar-refractivity contribution < 1.29 is 0 Å². The molecule has 0 aliphatic heterocycles. The highest BCUT2D eigenvalue weighted by molar-refractivity contribution is 5.35. The Labute approximate surface area is 124 Å². The third-order valence-corrected chi connectivity index (χ3v) is 3.93. The van der Waals surface area contributed by atoms with Gasteiger partial charge >= 0.3 is 0 Å². The Morgan fingerprint density at radius 1 is 1.38 bits per heavy atom. The average Bonchev–Trinajstić information content (AvgIpc) is 3.23. The zero-order valence-corrected chi connectivity index (χ0v) is 12.1. The van der Waals surface area contributed by atoms with Gasteiger partial charge < -0.3 is 4.57 Å². The molecule has 0 saturated heterocycles. The average molecular weight is 282 g/mol. The highest BCUT2D eigenvalue weighted by Gasteiger charge is 2.34. The predicted octanol–water partition coefficient (Wildman–Crippen LogP) is 1.83. The maximum Gasteiger partial charge on any atom is 0.176 e. The molecule has 1 aromatic rings. The second-order valence-corrected chi connectivity index (χ2v) is 5.43. The largest absolute Gasteiger partial charge is 0.321 e. The number of rotatable bonds is 7. The first-order valence-electron chi connectivity index (χ1n) is 7.22. The van der Waals surface area contributed by atoms with E-state index in [0.717, 1.165) is 32.1 Å². The lowest BCUT2D eigenvalue weighted by Crippen LogP contribution is -2.44. The molecule has 1 unspecified atom stereocenters. The van der Waals surface area contributed by atoms with Gasteiger partial charge in [-0.25, -0.2) is 4.98 Å². The quantitative estimate of drug-likeness (QED) is 0.822. The summed E-state index contributed by atoms with van der Waals surface area (Å²) in [6.45, 7) is 2.61. The second kappa shape index (κ2) is 6.39. The van der Waals surface area contributed by atoms with Gasteiger partial charge in [-0.1, -0.05) is 6.92 Å². The number of nitriles is 3. The molecule has 1 N–H and O–H groups in total. The van der Waals surface area contributed by atoms with Crippen LogP contribution in [-0.4, -0.2) is 21.1 Å². The van der Waals surface area contributed by atoms with Crippen molar-refractivity contribution in [3.8, 4) is 18.2 Å². The minimum absolute atomic E-state index is 0.163. The zero-order chi connectivity index (χ0) is 15.3. The molecular formula is C15H18N6. The number of imidazole rings is 1. The number of hydrogen-bond donors (Lipinski definition) is 1. The Hall–Kier alpha value is -2.36. The van der Waals surface area contributed by atoms with Crippen LogP contribution in [0.3, 0.4) is 0 Å². The predicted molar refractivity (Wildman–Crippen MR) is 75.7 cm³/mol. The third-order valence-electron chi connectivity index (χ3n) is 3.93. The van der Waals surface area contributed by atoms with Crippen LogP contribution in [0.1, 0.15) is 50.4 Å². The number of hydrogen-bond acceptors (Lipinski definition) is 5. The molecule has 1 fully saturated rings. The summed E-state index contributed by atoms with van der Waals surface area (Å²) in [5, 5.41) is 30.8. The molecule has 6 nitrogen and oxygen atoms in total. The highest BCUT2D eigenvalue weighted by Crippen LogP contribution is 2.26. The summed E-state index contributed by atoms with van der Waals surface area (Å²) in [6, 6.07) is 6.82. The second-order valence-electron chi connectivity index (χ2n) is 5.43. The lowest BCUT2D eigenvalue weighted by atomic mass is 9.91. The van der Waals surface area contributed by atoms with Crippen LogP contribution in [0, 0.1) is 34.0 Å². The summed E-state index contributed by atoms with van der Waals surface area (Å²) in [5.41, 5.74) is -0.0190. The van der Waals surface area contributed by atoms with Gasteiger partial charge in [-0.05, 0) is 32.1 Å². The van der Waals surface area contributed by atoms with Crippen LogP contribution in [0.4, 0.5) is 0 Å². The van der Waals surface area contributed by atoms with Gasteiger partial charge in [0.1, 0.15) is 17.7 Å². The number of nitrogens with zero attached hydrogens (tertiary/aromatic N) is 5. The van der Waals surface area contributed by atoms with Crippen LogP contribution in [0.25, 0.3) is 0 Å². The van der Waals surface area contributed by atoms with E-state index in [9.17, 15) is 5.26 Å².